The molecule has 0 unspecified atom stereocenters. The van der Waals surface area contributed by atoms with Gasteiger partial charge in [-0.05, 0) is 31.3 Å². The Morgan fingerprint density at radius 2 is 1.91 bits per heavy atom. The van der Waals surface area contributed by atoms with E-state index in [1.54, 1.807) is 0 Å². The predicted octanol–water partition coefficient (Wildman–Crippen LogP) is 1.01. The molecule has 0 aliphatic rings. The van der Waals surface area contributed by atoms with Crippen LogP contribution in [0.4, 0.5) is 13.6 Å². The fourth-order valence-corrected chi connectivity index (χ4v) is 3.14. The quantitative estimate of drug-likeness (QED) is 0.817. The smallest absolute Gasteiger partial charge is 0.358 e. The highest BCUT2D eigenvalue weighted by atomic mass is 32.2. The molecule has 0 saturated heterocycles. The van der Waals surface area contributed by atoms with E-state index in [4.69, 9.17) is 17.1 Å². The highest BCUT2D eigenvalue weighted by Gasteiger charge is 2.27. The fourth-order valence-electron chi connectivity index (χ4n) is 1.74. The number of rotatable bonds is 3. The molecule has 0 bridgehead atoms. The average molecular weight is 364 g/mol. The zero-order valence-corrected chi connectivity index (χ0v) is 13.4. The van der Waals surface area contributed by atoms with E-state index in [1.165, 1.54) is 18.8 Å². The number of halogens is 2. The Kier molecular flexibility index (Phi) is 4.47. The second kappa shape index (κ2) is 6.04. The molecule has 1 aromatic heterocycles. The van der Waals surface area contributed by atoms with Crippen LogP contribution in [0.3, 0.4) is 0 Å². The van der Waals surface area contributed by atoms with Gasteiger partial charge in [0.15, 0.2) is 10.7 Å². The molecule has 2 aromatic rings. The van der Waals surface area contributed by atoms with Crippen molar-refractivity contribution in [3.8, 4) is 0 Å². The number of sulfonamides is 1. The summed E-state index contributed by atoms with van der Waals surface area (Å²) >= 11 is 4.88. The normalized spacial score (nSPS) is 11.3. The van der Waals surface area contributed by atoms with Gasteiger partial charge in [-0.25, -0.2) is 26.7 Å². The van der Waals surface area contributed by atoms with Gasteiger partial charge in [-0.1, -0.05) is 6.07 Å². The van der Waals surface area contributed by atoms with Gasteiger partial charge in [0.2, 0.25) is 4.77 Å². The molecule has 2 rings (SSSR count). The van der Waals surface area contributed by atoms with Crippen LogP contribution >= 0.6 is 12.2 Å². The molecule has 0 spiro atoms. The third-order valence-corrected chi connectivity index (χ3v) is 4.39. The molecule has 0 atom stereocenters. The first-order valence-corrected chi connectivity index (χ1v) is 7.82. The number of nitrogens with zero attached hydrogens (tertiary/aromatic N) is 3. The Bertz CT molecular complexity index is 916. The second-order valence-corrected chi connectivity index (χ2v) is 6.16. The van der Waals surface area contributed by atoms with Gasteiger partial charge < -0.3 is 4.84 Å². The molecule has 1 heterocycles. The van der Waals surface area contributed by atoms with Crippen LogP contribution in [0.15, 0.2) is 23.1 Å². The first kappa shape index (κ1) is 17.0. The van der Waals surface area contributed by atoms with Crippen molar-refractivity contribution in [3.63, 3.8) is 0 Å². The topological polar surface area (TPSA) is 95.2 Å². The lowest BCUT2D eigenvalue weighted by Gasteiger charge is -2.08. The lowest BCUT2D eigenvalue weighted by atomic mass is 10.3. The van der Waals surface area contributed by atoms with Crippen molar-refractivity contribution < 1.29 is 26.8 Å². The van der Waals surface area contributed by atoms with Gasteiger partial charge in [-0.2, -0.15) is 0 Å². The largest absolute Gasteiger partial charge is 0.413 e. The van der Waals surface area contributed by atoms with Gasteiger partial charge in [0.25, 0.3) is 10.0 Å². The number of amides is 1. The lowest BCUT2D eigenvalue weighted by Crippen LogP contribution is -2.36. The van der Waals surface area contributed by atoms with Crippen LogP contribution in [0.1, 0.15) is 5.82 Å². The number of hydrogen-bond acceptors (Lipinski definition) is 6. The van der Waals surface area contributed by atoms with Crippen LogP contribution < -0.4 is 9.56 Å². The number of hydrogen-bond donors (Lipinski definition) is 1. The Morgan fingerprint density at radius 1 is 1.35 bits per heavy atom. The van der Waals surface area contributed by atoms with Gasteiger partial charge in [-0.15, -0.1) is 14.5 Å². The van der Waals surface area contributed by atoms with E-state index >= 15 is 0 Å². The number of carbonyl (C=O) groups is 1. The monoisotopic (exact) mass is 364 g/mol. The van der Waals surface area contributed by atoms with E-state index in [-0.39, 0.29) is 10.6 Å². The third kappa shape index (κ3) is 3.07. The number of nitrogens with one attached hydrogen (secondary N) is 1. The van der Waals surface area contributed by atoms with Gasteiger partial charge >= 0.3 is 6.03 Å². The molecule has 23 heavy (non-hydrogen) atoms. The molecule has 124 valence electrons. The number of aromatic nitrogens is 3. The molecule has 1 amide bonds. The summed E-state index contributed by atoms with van der Waals surface area (Å²) in [6, 6.07) is 1.18. The highest BCUT2D eigenvalue weighted by Crippen LogP contribution is 2.18. The minimum Gasteiger partial charge on any atom is -0.413 e. The van der Waals surface area contributed by atoms with Crippen LogP contribution in [0.25, 0.3) is 0 Å². The van der Waals surface area contributed by atoms with E-state index < -0.39 is 32.6 Å². The van der Waals surface area contributed by atoms with Crippen LogP contribution in [-0.2, 0) is 10.0 Å². The van der Waals surface area contributed by atoms with Gasteiger partial charge in [0, 0.05) is 0 Å². The number of aryl methyl sites for hydroxylation is 1. The zero-order chi connectivity index (χ0) is 17.4. The molecule has 0 saturated carbocycles. The Hall–Kier alpha value is -2.34. The summed E-state index contributed by atoms with van der Waals surface area (Å²) in [6.07, 6.45) is 0. The summed E-state index contributed by atoms with van der Waals surface area (Å²) in [7, 11) is -3.54. The first-order chi connectivity index (χ1) is 10.7. The van der Waals surface area contributed by atoms with Crippen molar-refractivity contribution >= 4 is 28.3 Å². The SMILES string of the molecule is COn1c(C)nn(C(=O)NS(=O)(=O)c2c(F)cccc2F)c1=S. The Balaban J connectivity index is 2.42. The molecular weight excluding hydrogens is 354 g/mol. The first-order valence-electron chi connectivity index (χ1n) is 5.93. The van der Waals surface area contributed by atoms with Gasteiger partial charge in [-0.3, -0.25) is 0 Å². The molecule has 8 nitrogen and oxygen atoms in total. The summed E-state index contributed by atoms with van der Waals surface area (Å²) < 4.78 is 53.9. The second-order valence-electron chi connectivity index (χ2n) is 4.18. The summed E-state index contributed by atoms with van der Waals surface area (Å²) in [5, 5.41) is 3.69. The molecule has 12 heteroatoms. The van der Waals surface area contributed by atoms with Gasteiger partial charge in [0.05, 0.1) is 0 Å². The fraction of sp³-hybridized carbons (Fsp3) is 0.182. The minimum absolute atomic E-state index is 0.169. The van der Waals surface area contributed by atoms with Crippen molar-refractivity contribution in [2.75, 3.05) is 7.11 Å². The Labute approximate surface area is 134 Å². The minimum atomic E-state index is -4.80. The molecular formula is C11H10F2N4O4S2. The van der Waals surface area contributed by atoms with Crippen molar-refractivity contribution in [3.05, 3.63) is 40.4 Å². The van der Waals surface area contributed by atoms with Crippen molar-refractivity contribution in [2.45, 2.75) is 11.8 Å². The predicted molar refractivity (Wildman–Crippen MR) is 75.8 cm³/mol. The number of benzene rings is 1. The summed E-state index contributed by atoms with van der Waals surface area (Å²) in [4.78, 5) is 15.6. The van der Waals surface area contributed by atoms with Crippen LogP contribution in [0, 0.1) is 23.3 Å². The average Bonchev–Trinajstić information content (AvgIpc) is 2.72. The molecule has 1 N–H and O–H groups in total. The summed E-state index contributed by atoms with van der Waals surface area (Å²) in [5.41, 5.74) is 0. The standard InChI is InChI=1S/C11H10F2N4O4S2/c1-6-14-16(11(22)17(6)21-2)10(18)15-23(19,20)9-7(12)4-3-5-8(9)13/h3-5H,1-2H3,(H,15,18). The summed E-state index contributed by atoms with van der Waals surface area (Å²) in [6.45, 7) is 1.45. The zero-order valence-electron chi connectivity index (χ0n) is 11.8. The molecule has 0 radical (unpaired) electrons. The van der Waals surface area contributed by atoms with E-state index in [2.05, 4.69) is 5.10 Å². The van der Waals surface area contributed by atoms with Crippen molar-refractivity contribution in [2.24, 2.45) is 0 Å². The van der Waals surface area contributed by atoms with Crippen molar-refractivity contribution in [1.29, 1.82) is 0 Å². The van der Waals surface area contributed by atoms with E-state index in [0.29, 0.717) is 4.68 Å². The number of carbonyl (C=O) groups excluding carboxylic acids is 1. The third-order valence-electron chi connectivity index (χ3n) is 2.68. The maximum atomic E-state index is 13.6. The van der Waals surface area contributed by atoms with E-state index in [9.17, 15) is 22.0 Å². The van der Waals surface area contributed by atoms with E-state index in [1.807, 2.05) is 0 Å². The molecule has 0 fully saturated rings. The highest BCUT2D eigenvalue weighted by molar-refractivity contribution is 7.90. The Morgan fingerprint density at radius 3 is 2.39 bits per heavy atom. The van der Waals surface area contributed by atoms with Crippen LogP contribution in [-0.4, -0.2) is 36.1 Å². The van der Waals surface area contributed by atoms with Gasteiger partial charge in [0.1, 0.15) is 18.7 Å². The van der Waals surface area contributed by atoms with Crippen LogP contribution in [0.2, 0.25) is 0 Å². The maximum Gasteiger partial charge on any atom is 0.358 e. The lowest BCUT2D eigenvalue weighted by molar-refractivity contribution is 0.155. The molecule has 0 aliphatic heterocycles. The van der Waals surface area contributed by atoms with Crippen molar-refractivity contribution in [1.82, 2.24) is 19.2 Å². The maximum absolute atomic E-state index is 13.6. The van der Waals surface area contributed by atoms with Crippen LogP contribution in [0.5, 0.6) is 0 Å². The molecule has 1 aromatic carbocycles. The summed E-state index contributed by atoms with van der Waals surface area (Å²) in [5.74, 6) is -2.51. The molecule has 0 aliphatic carbocycles. The van der Waals surface area contributed by atoms with E-state index in [0.717, 1.165) is 22.9 Å².